The van der Waals surface area contributed by atoms with Crippen LogP contribution in [0.5, 0.6) is 0 Å². The van der Waals surface area contributed by atoms with Crippen LogP contribution in [0.15, 0.2) is 0 Å². The Hall–Kier alpha value is 0.484. The molecule has 0 aromatic heterocycles. The summed E-state index contributed by atoms with van der Waals surface area (Å²) in [5.41, 5.74) is 0. The van der Waals surface area contributed by atoms with Crippen molar-refractivity contribution in [3.8, 4) is 0 Å². The molecule has 0 aliphatic rings. The van der Waals surface area contributed by atoms with Gasteiger partial charge < -0.3 is 19.8 Å². The van der Waals surface area contributed by atoms with Crippen molar-refractivity contribution >= 4 is 58.3 Å². The van der Waals surface area contributed by atoms with Crippen molar-refractivity contribution in [3.05, 3.63) is 0 Å². The van der Waals surface area contributed by atoms with E-state index >= 15 is 0 Å². The average molecular weight is 379 g/mol. The summed E-state index contributed by atoms with van der Waals surface area (Å²) in [4.78, 5) is 17.0. The number of halogens is 4. The van der Waals surface area contributed by atoms with Crippen LogP contribution >= 0.6 is 46.4 Å². The van der Waals surface area contributed by atoms with Crippen molar-refractivity contribution < 1.29 is 40.8 Å². The number of hydrogen-bond donors (Lipinski definition) is 0. The quantitative estimate of drug-likeness (QED) is 0.632. The van der Waals surface area contributed by atoms with Crippen LogP contribution in [0.25, 0.3) is 0 Å². The van der Waals surface area contributed by atoms with Gasteiger partial charge in [-0.2, -0.15) is 0 Å². The number of hydrogen-bond acceptors (Lipinski definition) is 5. The summed E-state index contributed by atoms with van der Waals surface area (Å²) in [6, 6.07) is 0. The Bertz CT molecular complexity index is 246. The molecule has 0 radical (unpaired) electrons. The minimum atomic E-state index is -1.42. The molecule has 0 rings (SSSR count). The van der Waals surface area contributed by atoms with Gasteiger partial charge in [0.1, 0.15) is 0 Å². The Morgan fingerprint density at radius 2 is 1.11 bits per heavy atom. The van der Waals surface area contributed by atoms with Gasteiger partial charge in [0.25, 0.3) is 0 Å². The third kappa shape index (κ3) is 11.6. The van der Waals surface area contributed by atoms with E-state index in [4.69, 9.17) is 50.1 Å². The van der Waals surface area contributed by atoms with Gasteiger partial charge >= 0.3 is 21.0 Å². The SMILES string of the molecule is CC(Cl)(CCl)C(=O)[O-].CC(Cl)(CCl)C(=O)[O-].[O]=[V+2]. The zero-order valence-electron chi connectivity index (χ0n) is 9.41. The summed E-state index contributed by atoms with van der Waals surface area (Å²) in [6.45, 7) is 2.58. The number of carboxylic acid groups (broad SMARTS) is 2. The summed E-state index contributed by atoms with van der Waals surface area (Å²) in [5.74, 6) is -2.96. The van der Waals surface area contributed by atoms with Crippen molar-refractivity contribution in [1.82, 2.24) is 0 Å². The maximum absolute atomic E-state index is 9.92. The van der Waals surface area contributed by atoms with Gasteiger partial charge in [0.05, 0.1) is 21.7 Å². The van der Waals surface area contributed by atoms with Crippen molar-refractivity contribution in [1.29, 1.82) is 0 Å². The van der Waals surface area contributed by atoms with E-state index < -0.39 is 21.7 Å². The molecule has 0 aliphatic carbocycles. The Labute approximate surface area is 134 Å². The number of rotatable bonds is 4. The molecule has 0 bridgehead atoms. The molecule has 2 unspecified atom stereocenters. The Morgan fingerprint density at radius 1 is 0.944 bits per heavy atom. The summed E-state index contributed by atoms with van der Waals surface area (Å²) in [7, 11) is 0. The molecule has 0 saturated carbocycles. The fraction of sp³-hybridized carbons (Fsp3) is 0.750. The van der Waals surface area contributed by atoms with E-state index in [1.807, 2.05) is 0 Å². The molecule has 0 aliphatic heterocycles. The first-order valence-corrected chi connectivity index (χ1v) is 6.51. The van der Waals surface area contributed by atoms with E-state index in [1.54, 1.807) is 0 Å². The van der Waals surface area contributed by atoms with Gasteiger partial charge in [-0.25, -0.2) is 0 Å². The van der Waals surface area contributed by atoms with E-state index in [9.17, 15) is 19.8 Å². The van der Waals surface area contributed by atoms with Crippen LogP contribution in [-0.2, 0) is 30.6 Å². The van der Waals surface area contributed by atoms with Gasteiger partial charge in [0.2, 0.25) is 0 Å². The normalized spacial score (nSPS) is 15.8. The molecule has 0 spiro atoms. The van der Waals surface area contributed by atoms with E-state index in [0.29, 0.717) is 0 Å². The zero-order chi connectivity index (χ0) is 15.6. The third-order valence-electron chi connectivity index (χ3n) is 1.35. The number of alkyl halides is 4. The van der Waals surface area contributed by atoms with E-state index in [2.05, 4.69) is 0 Å². The molecule has 5 nitrogen and oxygen atoms in total. The molecule has 0 heterocycles. The predicted molar refractivity (Wildman–Crippen MR) is 60.7 cm³/mol. The van der Waals surface area contributed by atoms with Gasteiger partial charge in [-0.15, -0.1) is 46.4 Å². The van der Waals surface area contributed by atoms with Crippen LogP contribution < -0.4 is 10.2 Å². The first kappa shape index (κ1) is 23.6. The van der Waals surface area contributed by atoms with Gasteiger partial charge in [-0.3, -0.25) is 0 Å². The molecule has 0 aromatic carbocycles. The minimum absolute atomic E-state index is 0.142. The number of carbonyl (C=O) groups excluding carboxylic acids is 2. The van der Waals surface area contributed by atoms with Crippen LogP contribution in [-0.4, -0.2) is 33.4 Å². The van der Waals surface area contributed by atoms with E-state index in [-0.39, 0.29) is 11.8 Å². The predicted octanol–water partition coefficient (Wildman–Crippen LogP) is -0.176. The Kier molecular flexibility index (Phi) is 14.8. The second-order valence-electron chi connectivity index (χ2n) is 3.24. The molecule has 105 valence electrons. The number of carbonyl (C=O) groups is 2. The van der Waals surface area contributed by atoms with Crippen LogP contribution in [0.4, 0.5) is 0 Å². The maximum atomic E-state index is 9.92. The first-order chi connectivity index (χ1) is 8.01. The van der Waals surface area contributed by atoms with Crippen molar-refractivity contribution in [2.45, 2.75) is 23.6 Å². The third-order valence-corrected chi connectivity index (χ3v) is 3.27. The first-order valence-electron chi connectivity index (χ1n) is 4.12. The fourth-order valence-electron chi connectivity index (χ4n) is 0.109. The van der Waals surface area contributed by atoms with Crippen molar-refractivity contribution in [2.24, 2.45) is 0 Å². The summed E-state index contributed by atoms with van der Waals surface area (Å²) in [6.07, 6.45) is 0. The van der Waals surface area contributed by atoms with Gasteiger partial charge in [0, 0.05) is 11.8 Å². The molecule has 0 saturated heterocycles. The van der Waals surface area contributed by atoms with Crippen LogP contribution in [0.1, 0.15) is 13.8 Å². The van der Waals surface area contributed by atoms with Gasteiger partial charge in [-0.05, 0) is 13.8 Å². The fourth-order valence-corrected chi connectivity index (χ4v) is 0.327. The standard InChI is InChI=1S/2C4H6Cl2O2.O.V/c2*1-4(6,2-5)3(7)8;;/h2*2H2,1H3,(H,7,8);;/q;;;+2/p-2. The van der Waals surface area contributed by atoms with Crippen molar-refractivity contribution in [2.75, 3.05) is 11.8 Å². The Morgan fingerprint density at radius 3 is 1.11 bits per heavy atom. The molecule has 10 heteroatoms. The number of carboxylic acids is 2. The zero-order valence-corrected chi connectivity index (χ0v) is 13.8. The summed E-state index contributed by atoms with van der Waals surface area (Å²) >= 11 is 21.9. The summed E-state index contributed by atoms with van der Waals surface area (Å²) in [5, 5.41) is 19.8. The average Bonchev–Trinajstić information content (AvgIpc) is 2.32. The van der Waals surface area contributed by atoms with Gasteiger partial charge in [0.15, 0.2) is 0 Å². The molecule has 0 N–H and O–H groups in total. The molecule has 18 heavy (non-hydrogen) atoms. The van der Waals surface area contributed by atoms with Crippen molar-refractivity contribution in [3.63, 3.8) is 0 Å². The van der Waals surface area contributed by atoms with E-state index in [0.717, 1.165) is 17.4 Å². The molecule has 0 aromatic rings. The molecule has 2 atom stereocenters. The second-order valence-corrected chi connectivity index (χ2v) is 5.44. The van der Waals surface area contributed by atoms with E-state index in [1.165, 1.54) is 13.8 Å². The molecular formula is C8H10Cl4O5V. The van der Waals surface area contributed by atoms with Crippen LogP contribution in [0, 0.1) is 0 Å². The second kappa shape index (κ2) is 11.3. The van der Waals surface area contributed by atoms with Crippen LogP contribution in [0.3, 0.4) is 0 Å². The topological polar surface area (TPSA) is 97.3 Å². The van der Waals surface area contributed by atoms with Gasteiger partial charge in [-0.1, -0.05) is 0 Å². The number of aliphatic carboxylic acids is 2. The molecular weight excluding hydrogens is 369 g/mol. The summed E-state index contributed by atoms with van der Waals surface area (Å²) < 4.78 is 8.19. The van der Waals surface area contributed by atoms with Crippen LogP contribution in [0.2, 0.25) is 0 Å². The molecule has 0 amide bonds. The monoisotopic (exact) mass is 377 g/mol. The Balaban J connectivity index is -0.000000219. The molecule has 0 fully saturated rings.